The summed E-state index contributed by atoms with van der Waals surface area (Å²) in [5, 5.41) is 6.39. The first-order valence-corrected chi connectivity index (χ1v) is 10.5. The molecule has 0 bridgehead atoms. The van der Waals surface area contributed by atoms with Gasteiger partial charge in [0.2, 0.25) is 5.91 Å². The molecular weight excluding hydrogens is 365 g/mol. The predicted molar refractivity (Wildman–Crippen MR) is 117 cm³/mol. The van der Waals surface area contributed by atoms with Crippen molar-refractivity contribution in [3.05, 3.63) is 59.9 Å². The van der Waals surface area contributed by atoms with E-state index in [1.54, 1.807) is 12.1 Å². The number of benzene rings is 2. The highest BCUT2D eigenvalue weighted by atomic mass is 19.1. The molecule has 1 aliphatic rings. The molecule has 1 heterocycles. The van der Waals surface area contributed by atoms with Gasteiger partial charge in [0.25, 0.3) is 0 Å². The van der Waals surface area contributed by atoms with Crippen LogP contribution < -0.4 is 10.6 Å². The van der Waals surface area contributed by atoms with Crippen LogP contribution in [-0.4, -0.2) is 29.9 Å². The molecule has 2 N–H and O–H groups in total. The molecule has 5 heteroatoms. The summed E-state index contributed by atoms with van der Waals surface area (Å²) in [5.41, 5.74) is 2.95. The molecule has 0 spiro atoms. The molecule has 1 saturated heterocycles. The van der Waals surface area contributed by atoms with Crippen LogP contribution in [0.4, 0.5) is 15.8 Å². The van der Waals surface area contributed by atoms with Gasteiger partial charge in [0, 0.05) is 44.0 Å². The summed E-state index contributed by atoms with van der Waals surface area (Å²) in [7, 11) is 0. The number of piperidine rings is 1. The summed E-state index contributed by atoms with van der Waals surface area (Å²) in [4.78, 5) is 13.7. The van der Waals surface area contributed by atoms with Crippen molar-refractivity contribution in [3.63, 3.8) is 0 Å². The Hall–Kier alpha value is -2.40. The maximum absolute atomic E-state index is 13.6. The highest BCUT2D eigenvalue weighted by Crippen LogP contribution is 2.28. The van der Waals surface area contributed by atoms with Crippen LogP contribution in [0.3, 0.4) is 0 Å². The number of anilines is 2. The quantitative estimate of drug-likeness (QED) is 0.680. The summed E-state index contributed by atoms with van der Waals surface area (Å²) in [6.45, 7) is 8.98. The van der Waals surface area contributed by atoms with Crippen molar-refractivity contribution in [1.29, 1.82) is 0 Å². The van der Waals surface area contributed by atoms with Gasteiger partial charge in [0.05, 0.1) is 0 Å². The molecule has 156 valence electrons. The molecule has 4 nitrogen and oxygen atoms in total. The molecule has 2 atom stereocenters. The minimum atomic E-state index is -0.199. The SMILES string of the molecule is CC(=O)Nc1ccc(CN2CC[C@@H](Nc3cccc(F)c3)[C@@H](CC(C)C)C2)cc1. The fourth-order valence-electron chi connectivity index (χ4n) is 4.23. The Morgan fingerprint density at radius 2 is 1.93 bits per heavy atom. The number of halogens is 1. The van der Waals surface area contributed by atoms with Crippen LogP contribution in [0.15, 0.2) is 48.5 Å². The van der Waals surface area contributed by atoms with Crippen LogP contribution in [0.2, 0.25) is 0 Å². The number of hydrogen-bond acceptors (Lipinski definition) is 3. The van der Waals surface area contributed by atoms with Crippen LogP contribution in [-0.2, 0) is 11.3 Å². The summed E-state index contributed by atoms with van der Waals surface area (Å²) in [5.74, 6) is 0.886. The van der Waals surface area contributed by atoms with E-state index in [1.807, 2.05) is 18.2 Å². The molecule has 1 aliphatic heterocycles. The highest BCUT2D eigenvalue weighted by molar-refractivity contribution is 5.88. The van der Waals surface area contributed by atoms with E-state index < -0.39 is 0 Å². The van der Waals surface area contributed by atoms with Crippen molar-refractivity contribution < 1.29 is 9.18 Å². The van der Waals surface area contributed by atoms with Gasteiger partial charge in [-0.15, -0.1) is 0 Å². The summed E-state index contributed by atoms with van der Waals surface area (Å²) >= 11 is 0. The predicted octanol–water partition coefficient (Wildman–Crippen LogP) is 5.13. The maximum Gasteiger partial charge on any atom is 0.221 e. The van der Waals surface area contributed by atoms with E-state index in [-0.39, 0.29) is 11.7 Å². The fraction of sp³-hybridized carbons (Fsp3) is 0.458. The second kappa shape index (κ2) is 9.88. The molecule has 1 amide bonds. The molecule has 0 aliphatic carbocycles. The Morgan fingerprint density at radius 3 is 2.59 bits per heavy atom. The van der Waals surface area contributed by atoms with Gasteiger partial charge in [-0.2, -0.15) is 0 Å². The summed E-state index contributed by atoms with van der Waals surface area (Å²) < 4.78 is 13.6. The smallest absolute Gasteiger partial charge is 0.221 e. The van der Waals surface area contributed by atoms with E-state index in [0.717, 1.165) is 43.9 Å². The normalized spacial score (nSPS) is 19.9. The monoisotopic (exact) mass is 397 g/mol. The van der Waals surface area contributed by atoms with E-state index in [2.05, 4.69) is 41.5 Å². The number of amides is 1. The summed E-state index contributed by atoms with van der Waals surface area (Å²) in [6, 6.07) is 15.2. The second-order valence-corrected chi connectivity index (χ2v) is 8.55. The Bertz CT molecular complexity index is 806. The molecule has 29 heavy (non-hydrogen) atoms. The number of likely N-dealkylation sites (tertiary alicyclic amines) is 1. The van der Waals surface area contributed by atoms with Crippen molar-refractivity contribution in [3.8, 4) is 0 Å². The molecular formula is C24H32FN3O. The minimum absolute atomic E-state index is 0.0536. The lowest BCUT2D eigenvalue weighted by Gasteiger charge is -2.40. The zero-order chi connectivity index (χ0) is 20.8. The van der Waals surface area contributed by atoms with Gasteiger partial charge in [-0.1, -0.05) is 32.0 Å². The molecule has 0 aromatic heterocycles. The van der Waals surface area contributed by atoms with Crippen LogP contribution >= 0.6 is 0 Å². The van der Waals surface area contributed by atoms with Crippen molar-refractivity contribution in [2.45, 2.75) is 46.2 Å². The molecule has 0 saturated carbocycles. The van der Waals surface area contributed by atoms with Gasteiger partial charge in [0.15, 0.2) is 0 Å². The highest BCUT2D eigenvalue weighted by Gasteiger charge is 2.29. The molecule has 3 rings (SSSR count). The number of rotatable bonds is 7. The zero-order valence-corrected chi connectivity index (χ0v) is 17.6. The van der Waals surface area contributed by atoms with Gasteiger partial charge in [-0.05, 0) is 60.6 Å². The first-order valence-electron chi connectivity index (χ1n) is 10.5. The first-order chi connectivity index (χ1) is 13.9. The lowest BCUT2D eigenvalue weighted by molar-refractivity contribution is -0.114. The van der Waals surface area contributed by atoms with E-state index in [1.165, 1.54) is 18.6 Å². The topological polar surface area (TPSA) is 44.4 Å². The number of carbonyl (C=O) groups excluding carboxylic acids is 1. The first kappa shape index (κ1) is 21.3. The Kier molecular flexibility index (Phi) is 7.26. The Morgan fingerprint density at radius 1 is 1.17 bits per heavy atom. The lowest BCUT2D eigenvalue weighted by atomic mass is 9.85. The third kappa shape index (κ3) is 6.57. The second-order valence-electron chi connectivity index (χ2n) is 8.55. The van der Waals surface area contributed by atoms with Crippen LogP contribution in [0.5, 0.6) is 0 Å². The van der Waals surface area contributed by atoms with Gasteiger partial charge >= 0.3 is 0 Å². The number of hydrogen-bond donors (Lipinski definition) is 2. The van der Waals surface area contributed by atoms with E-state index in [0.29, 0.717) is 17.9 Å². The number of nitrogens with one attached hydrogen (secondary N) is 2. The van der Waals surface area contributed by atoms with Crippen LogP contribution in [0.1, 0.15) is 39.2 Å². The maximum atomic E-state index is 13.6. The fourth-order valence-corrected chi connectivity index (χ4v) is 4.23. The van der Waals surface area contributed by atoms with Crippen molar-refractivity contribution in [2.24, 2.45) is 11.8 Å². The van der Waals surface area contributed by atoms with E-state index in [9.17, 15) is 9.18 Å². The average Bonchev–Trinajstić information content (AvgIpc) is 2.65. The van der Waals surface area contributed by atoms with Gasteiger partial charge in [-0.25, -0.2) is 4.39 Å². The van der Waals surface area contributed by atoms with Gasteiger partial charge in [0.1, 0.15) is 5.82 Å². The Labute approximate surface area is 173 Å². The largest absolute Gasteiger partial charge is 0.382 e. The van der Waals surface area contributed by atoms with Gasteiger partial charge in [-0.3, -0.25) is 9.69 Å². The lowest BCUT2D eigenvalue weighted by Crippen LogP contribution is -2.46. The third-order valence-electron chi connectivity index (χ3n) is 5.45. The molecule has 1 fully saturated rings. The van der Waals surface area contributed by atoms with Crippen molar-refractivity contribution >= 4 is 17.3 Å². The molecule has 0 radical (unpaired) electrons. The molecule has 2 aromatic carbocycles. The van der Waals surface area contributed by atoms with Gasteiger partial charge < -0.3 is 10.6 Å². The van der Waals surface area contributed by atoms with Crippen molar-refractivity contribution in [1.82, 2.24) is 4.90 Å². The van der Waals surface area contributed by atoms with E-state index >= 15 is 0 Å². The van der Waals surface area contributed by atoms with Crippen molar-refractivity contribution in [2.75, 3.05) is 23.7 Å². The molecule has 2 aromatic rings. The number of carbonyl (C=O) groups is 1. The zero-order valence-electron chi connectivity index (χ0n) is 17.6. The van der Waals surface area contributed by atoms with Crippen LogP contribution in [0.25, 0.3) is 0 Å². The van der Waals surface area contributed by atoms with Crippen LogP contribution in [0, 0.1) is 17.7 Å². The Balaban J connectivity index is 1.62. The molecule has 0 unspecified atom stereocenters. The third-order valence-corrected chi connectivity index (χ3v) is 5.45. The standard InChI is InChI=1S/C24H32FN3O/c1-17(2)13-20-16-28(15-19-7-9-22(10-8-19)26-18(3)29)12-11-24(20)27-23-6-4-5-21(25)14-23/h4-10,14,17,20,24,27H,11-13,15-16H2,1-3H3,(H,26,29)/t20-,24+/m0/s1. The summed E-state index contributed by atoms with van der Waals surface area (Å²) in [6.07, 6.45) is 2.18. The average molecular weight is 398 g/mol. The number of nitrogens with zero attached hydrogens (tertiary/aromatic N) is 1. The minimum Gasteiger partial charge on any atom is -0.382 e. The van der Waals surface area contributed by atoms with E-state index in [4.69, 9.17) is 0 Å².